The maximum absolute atomic E-state index is 11.9. The summed E-state index contributed by atoms with van der Waals surface area (Å²) in [5.41, 5.74) is -0.143. The second-order valence-electron chi connectivity index (χ2n) is 6.74. The van der Waals surface area contributed by atoms with Gasteiger partial charge in [-0.1, -0.05) is 23.2 Å². The standard InChI is InChI=1S/C17H20Cl2N2O11/c18-14(19)15(26)20-8(5-22)12(6-1-3-7(4-2-6)21(29)30)31-17-11(25)9(23)10(24)13(32-17)16(27)28/h1-4,8-14,17,22-25H,5H2,(H,20,26)(H,27,28)/t8-,9?,10+,11?,12-,13?,17-/m1/s1. The minimum Gasteiger partial charge on any atom is -0.479 e. The number of carbonyl (C=O) groups is 2. The Labute approximate surface area is 190 Å². The van der Waals surface area contributed by atoms with Gasteiger partial charge in [0.05, 0.1) is 17.6 Å². The molecule has 1 aromatic rings. The molecule has 0 spiro atoms. The summed E-state index contributed by atoms with van der Waals surface area (Å²) in [5.74, 6) is -2.57. The Morgan fingerprint density at radius 1 is 1.16 bits per heavy atom. The Morgan fingerprint density at radius 2 is 1.75 bits per heavy atom. The SMILES string of the molecule is O=C(N[C@H](CO)[C@H](O[C@@H]1OC(C(=O)O)[C@@H](O)C(O)C1O)c1ccc([N+](=O)[O-])cc1)C(Cl)Cl. The third-order valence-corrected chi connectivity index (χ3v) is 5.01. The summed E-state index contributed by atoms with van der Waals surface area (Å²) in [6.07, 6.45) is -11.1. The summed E-state index contributed by atoms with van der Waals surface area (Å²) in [4.78, 5) is 31.9. The van der Waals surface area contributed by atoms with Crippen LogP contribution < -0.4 is 5.32 Å². The molecule has 1 aliphatic rings. The van der Waals surface area contributed by atoms with E-state index >= 15 is 0 Å². The van der Waals surface area contributed by atoms with E-state index in [1.807, 2.05) is 0 Å². The number of non-ortho nitro benzene ring substituents is 1. The van der Waals surface area contributed by atoms with Gasteiger partial charge in [-0.2, -0.15) is 0 Å². The lowest BCUT2D eigenvalue weighted by molar-refractivity contribution is -0.384. The first-order valence-electron chi connectivity index (χ1n) is 8.99. The predicted molar refractivity (Wildman–Crippen MR) is 106 cm³/mol. The van der Waals surface area contributed by atoms with Gasteiger partial charge in [-0.25, -0.2) is 4.79 Å². The van der Waals surface area contributed by atoms with Crippen molar-refractivity contribution in [3.8, 4) is 0 Å². The number of rotatable bonds is 9. The summed E-state index contributed by atoms with van der Waals surface area (Å²) in [7, 11) is 0. The number of nitrogens with one attached hydrogen (secondary N) is 1. The maximum Gasteiger partial charge on any atom is 0.335 e. The third kappa shape index (κ3) is 6.02. The van der Waals surface area contributed by atoms with Crippen LogP contribution in [0.25, 0.3) is 0 Å². The highest BCUT2D eigenvalue weighted by Crippen LogP contribution is 2.31. The molecule has 178 valence electrons. The van der Waals surface area contributed by atoms with Crippen molar-refractivity contribution in [2.45, 2.75) is 47.7 Å². The highest BCUT2D eigenvalue weighted by Gasteiger charge is 2.48. The number of carbonyl (C=O) groups excluding carboxylic acids is 1. The lowest BCUT2D eigenvalue weighted by Gasteiger charge is -2.41. The number of ether oxygens (including phenoxy) is 2. The van der Waals surface area contributed by atoms with Crippen LogP contribution in [0.4, 0.5) is 5.69 Å². The van der Waals surface area contributed by atoms with Crippen LogP contribution in [0.1, 0.15) is 11.7 Å². The van der Waals surface area contributed by atoms with Crippen molar-refractivity contribution in [3.05, 3.63) is 39.9 Å². The van der Waals surface area contributed by atoms with Gasteiger partial charge in [0.1, 0.15) is 24.4 Å². The predicted octanol–water partition coefficient (Wildman–Crippen LogP) is -1.17. The van der Waals surface area contributed by atoms with Crippen molar-refractivity contribution in [2.75, 3.05) is 6.61 Å². The van der Waals surface area contributed by atoms with Gasteiger partial charge >= 0.3 is 5.97 Å². The van der Waals surface area contributed by atoms with Gasteiger partial charge < -0.3 is 40.3 Å². The van der Waals surface area contributed by atoms with Crippen molar-refractivity contribution in [1.29, 1.82) is 0 Å². The molecular formula is C17H20Cl2N2O11. The first kappa shape index (κ1) is 26.2. The molecule has 0 saturated carbocycles. The lowest BCUT2D eigenvalue weighted by atomic mass is 9.98. The van der Waals surface area contributed by atoms with Gasteiger partial charge in [-0.3, -0.25) is 14.9 Å². The smallest absolute Gasteiger partial charge is 0.335 e. The van der Waals surface area contributed by atoms with E-state index < -0.39 is 71.1 Å². The zero-order valence-electron chi connectivity index (χ0n) is 16.0. The van der Waals surface area contributed by atoms with Crippen LogP contribution in [0.5, 0.6) is 0 Å². The van der Waals surface area contributed by atoms with E-state index in [0.717, 1.165) is 12.1 Å². The number of nitro groups is 1. The number of amides is 1. The average molecular weight is 499 g/mol. The van der Waals surface area contributed by atoms with Crippen LogP contribution in [0, 0.1) is 10.1 Å². The Morgan fingerprint density at radius 3 is 2.22 bits per heavy atom. The summed E-state index contributed by atoms with van der Waals surface area (Å²) in [6.45, 7) is -0.774. The van der Waals surface area contributed by atoms with Gasteiger partial charge in [-0.15, -0.1) is 0 Å². The molecule has 15 heteroatoms. The monoisotopic (exact) mass is 498 g/mol. The summed E-state index contributed by atoms with van der Waals surface area (Å²) in [5, 5.41) is 62.1. The van der Waals surface area contributed by atoms with Crippen molar-refractivity contribution in [3.63, 3.8) is 0 Å². The van der Waals surface area contributed by atoms with Gasteiger partial charge in [0.15, 0.2) is 17.2 Å². The van der Waals surface area contributed by atoms with E-state index in [9.17, 15) is 45.2 Å². The minimum absolute atomic E-state index is 0.138. The molecule has 1 heterocycles. The molecule has 32 heavy (non-hydrogen) atoms. The van der Waals surface area contributed by atoms with Crippen LogP contribution in [-0.4, -0.2) is 90.5 Å². The average Bonchev–Trinajstić information content (AvgIpc) is 2.75. The first-order chi connectivity index (χ1) is 15.0. The number of nitro benzene ring substituents is 1. The van der Waals surface area contributed by atoms with Gasteiger partial charge in [-0.05, 0) is 17.7 Å². The Bertz CT molecular complexity index is 825. The number of nitrogens with zero attached hydrogens (tertiary/aromatic N) is 1. The van der Waals surface area contributed by atoms with E-state index in [4.69, 9.17) is 32.7 Å². The fraction of sp³-hybridized carbons (Fsp3) is 0.529. The number of carboxylic acids is 1. The Kier molecular flexibility index (Phi) is 9.12. The highest BCUT2D eigenvalue weighted by molar-refractivity contribution is 6.53. The van der Waals surface area contributed by atoms with Crippen LogP contribution in [0.3, 0.4) is 0 Å². The molecule has 1 fully saturated rings. The number of hydrogen-bond acceptors (Lipinski definition) is 10. The van der Waals surface area contributed by atoms with Gasteiger partial charge in [0.2, 0.25) is 0 Å². The minimum atomic E-state index is -1.97. The fourth-order valence-electron chi connectivity index (χ4n) is 2.96. The van der Waals surface area contributed by atoms with E-state index in [1.54, 1.807) is 0 Å². The van der Waals surface area contributed by atoms with Gasteiger partial charge in [0.25, 0.3) is 11.6 Å². The summed E-state index contributed by atoms with van der Waals surface area (Å²) in [6, 6.07) is 3.36. The quantitative estimate of drug-likeness (QED) is 0.135. The molecule has 7 atom stereocenters. The summed E-state index contributed by atoms with van der Waals surface area (Å²) < 4.78 is 10.7. The fourth-order valence-corrected chi connectivity index (χ4v) is 3.09. The Hall–Kier alpha value is -2.10. The number of aliphatic carboxylic acids is 1. The van der Waals surface area contributed by atoms with Crippen LogP contribution >= 0.6 is 23.2 Å². The molecule has 0 aliphatic carbocycles. The largest absolute Gasteiger partial charge is 0.479 e. The lowest BCUT2D eigenvalue weighted by Crippen LogP contribution is -2.61. The number of alkyl halides is 2. The zero-order chi connectivity index (χ0) is 24.2. The first-order valence-corrected chi connectivity index (χ1v) is 9.86. The zero-order valence-corrected chi connectivity index (χ0v) is 17.5. The highest BCUT2D eigenvalue weighted by atomic mass is 35.5. The molecule has 13 nitrogen and oxygen atoms in total. The molecule has 6 N–H and O–H groups in total. The number of aliphatic hydroxyl groups excluding tert-OH is 4. The molecule has 0 radical (unpaired) electrons. The molecule has 1 amide bonds. The van der Waals surface area contributed by atoms with E-state index in [1.165, 1.54) is 12.1 Å². The topological polar surface area (TPSA) is 209 Å². The molecule has 1 aliphatic heterocycles. The number of carboxylic acid groups (broad SMARTS) is 1. The second-order valence-corrected chi connectivity index (χ2v) is 7.84. The van der Waals surface area contributed by atoms with Crippen LogP contribution in [0.15, 0.2) is 24.3 Å². The number of hydrogen-bond donors (Lipinski definition) is 6. The van der Waals surface area contributed by atoms with Crippen molar-refractivity contribution in [1.82, 2.24) is 5.32 Å². The van der Waals surface area contributed by atoms with E-state index in [2.05, 4.69) is 5.32 Å². The third-order valence-electron chi connectivity index (χ3n) is 4.61. The molecule has 3 unspecified atom stereocenters. The molecule has 2 rings (SSSR count). The normalized spacial score (nSPS) is 27.5. The number of halogens is 2. The van der Waals surface area contributed by atoms with E-state index in [0.29, 0.717) is 0 Å². The molecule has 0 aromatic heterocycles. The second kappa shape index (κ2) is 11.2. The van der Waals surface area contributed by atoms with Crippen molar-refractivity contribution in [2.24, 2.45) is 0 Å². The van der Waals surface area contributed by atoms with Crippen LogP contribution in [0.2, 0.25) is 0 Å². The number of aliphatic hydroxyl groups is 4. The maximum atomic E-state index is 11.9. The van der Waals surface area contributed by atoms with Crippen molar-refractivity contribution >= 4 is 40.8 Å². The van der Waals surface area contributed by atoms with Crippen LogP contribution in [-0.2, 0) is 19.1 Å². The number of benzene rings is 1. The van der Waals surface area contributed by atoms with Crippen molar-refractivity contribution < 1.29 is 49.5 Å². The molecule has 1 saturated heterocycles. The molecule has 0 bridgehead atoms. The summed E-state index contributed by atoms with van der Waals surface area (Å²) >= 11 is 11.0. The van der Waals surface area contributed by atoms with E-state index in [-0.39, 0.29) is 11.3 Å². The molecule has 1 aromatic carbocycles. The van der Waals surface area contributed by atoms with Gasteiger partial charge in [0, 0.05) is 12.1 Å². The Balaban J connectivity index is 2.39. The molecular weight excluding hydrogens is 479 g/mol.